The lowest BCUT2D eigenvalue weighted by Crippen LogP contribution is -1.85. The van der Waals surface area contributed by atoms with Crippen LogP contribution in [0.1, 0.15) is 25.3 Å². The summed E-state index contributed by atoms with van der Waals surface area (Å²) in [5.74, 6) is 0.502. The van der Waals surface area contributed by atoms with Gasteiger partial charge in [-0.25, -0.2) is 0 Å². The molecule has 0 saturated heterocycles. The second-order valence-electron chi connectivity index (χ2n) is 4.17. The first kappa shape index (κ1) is 11.8. The van der Waals surface area contributed by atoms with Crippen LogP contribution < -0.4 is 0 Å². The molecule has 0 atom stereocenters. The molecule has 0 spiro atoms. The Balaban J connectivity index is 2.30. The van der Waals surface area contributed by atoms with E-state index in [1.165, 1.54) is 16.9 Å². The number of thiophene rings is 1. The Labute approximate surface area is 104 Å². The van der Waals surface area contributed by atoms with Crippen LogP contribution in [0.25, 0.3) is 10.4 Å². The first-order chi connectivity index (χ1) is 8.08. The van der Waals surface area contributed by atoms with Crippen LogP contribution in [0.3, 0.4) is 0 Å². The largest absolute Gasteiger partial charge is 0.324 e. The zero-order valence-electron chi connectivity index (χ0n) is 9.71. The van der Waals surface area contributed by atoms with Crippen molar-refractivity contribution in [3.8, 4) is 10.4 Å². The highest BCUT2D eigenvalue weighted by Gasteiger charge is 2.10. The summed E-state index contributed by atoms with van der Waals surface area (Å²) in [7, 11) is 0. The van der Waals surface area contributed by atoms with Gasteiger partial charge < -0.3 is 0 Å². The van der Waals surface area contributed by atoms with Crippen LogP contribution >= 0.6 is 11.3 Å². The minimum Gasteiger partial charge on any atom is -0.258 e. The van der Waals surface area contributed by atoms with Gasteiger partial charge in [0.15, 0.2) is 0 Å². The van der Waals surface area contributed by atoms with Gasteiger partial charge >= 0.3 is 5.00 Å². The van der Waals surface area contributed by atoms with Crippen LogP contribution in [0.5, 0.6) is 0 Å². The zero-order chi connectivity index (χ0) is 12.4. The molecule has 0 N–H and O–H groups in total. The van der Waals surface area contributed by atoms with Crippen molar-refractivity contribution in [1.82, 2.24) is 0 Å². The lowest BCUT2D eigenvalue weighted by Gasteiger charge is -2.05. The van der Waals surface area contributed by atoms with E-state index in [9.17, 15) is 10.1 Å². The van der Waals surface area contributed by atoms with E-state index in [1.54, 1.807) is 12.1 Å². The predicted molar refractivity (Wildman–Crippen MR) is 70.5 cm³/mol. The Morgan fingerprint density at radius 2 is 1.76 bits per heavy atom. The summed E-state index contributed by atoms with van der Waals surface area (Å²) in [6.07, 6.45) is 0. The third-order valence-electron chi connectivity index (χ3n) is 2.63. The van der Waals surface area contributed by atoms with E-state index < -0.39 is 0 Å². The molecule has 3 nitrogen and oxygen atoms in total. The molecular formula is C13H13NO2S. The molecule has 4 heteroatoms. The van der Waals surface area contributed by atoms with E-state index in [1.807, 2.05) is 12.1 Å². The first-order valence-electron chi connectivity index (χ1n) is 5.42. The summed E-state index contributed by atoms with van der Waals surface area (Å²) in [6.45, 7) is 4.29. The number of hydrogen-bond donors (Lipinski definition) is 0. The molecule has 1 aromatic heterocycles. The van der Waals surface area contributed by atoms with Gasteiger partial charge in [-0.15, -0.1) is 0 Å². The summed E-state index contributed by atoms with van der Waals surface area (Å²) in [5.41, 5.74) is 2.31. The third kappa shape index (κ3) is 2.53. The number of nitro groups is 1. The molecule has 0 aliphatic heterocycles. The van der Waals surface area contributed by atoms with Gasteiger partial charge in [0.05, 0.1) is 4.92 Å². The number of rotatable bonds is 3. The molecule has 1 aromatic carbocycles. The van der Waals surface area contributed by atoms with Gasteiger partial charge in [0.2, 0.25) is 0 Å². The van der Waals surface area contributed by atoms with Gasteiger partial charge in [0.25, 0.3) is 0 Å². The zero-order valence-corrected chi connectivity index (χ0v) is 10.5. The minimum atomic E-state index is -0.351. The molecule has 2 aromatic rings. The van der Waals surface area contributed by atoms with Gasteiger partial charge in [0, 0.05) is 10.9 Å². The van der Waals surface area contributed by atoms with Gasteiger partial charge in [-0.05, 0) is 23.1 Å². The fourth-order valence-electron chi connectivity index (χ4n) is 1.61. The molecular weight excluding hydrogens is 234 g/mol. The highest BCUT2D eigenvalue weighted by atomic mass is 32.1. The van der Waals surface area contributed by atoms with Crippen molar-refractivity contribution in [2.45, 2.75) is 19.8 Å². The normalized spacial score (nSPS) is 10.8. The van der Waals surface area contributed by atoms with Crippen molar-refractivity contribution >= 4 is 16.3 Å². The van der Waals surface area contributed by atoms with E-state index in [2.05, 4.69) is 26.0 Å². The lowest BCUT2D eigenvalue weighted by molar-refractivity contribution is -0.380. The maximum atomic E-state index is 10.6. The summed E-state index contributed by atoms with van der Waals surface area (Å²) in [4.78, 5) is 11.2. The van der Waals surface area contributed by atoms with E-state index in [0.717, 1.165) is 10.4 Å². The van der Waals surface area contributed by atoms with Gasteiger partial charge in [-0.1, -0.05) is 49.4 Å². The first-order valence-corrected chi connectivity index (χ1v) is 6.24. The van der Waals surface area contributed by atoms with Crippen LogP contribution in [0.2, 0.25) is 0 Å². The van der Waals surface area contributed by atoms with Gasteiger partial charge in [-0.3, -0.25) is 10.1 Å². The Hall–Kier alpha value is -1.68. The summed E-state index contributed by atoms with van der Waals surface area (Å²) in [5, 5.41) is 10.8. The van der Waals surface area contributed by atoms with E-state index in [-0.39, 0.29) is 9.92 Å². The molecule has 0 unspecified atom stereocenters. The van der Waals surface area contributed by atoms with E-state index in [0.29, 0.717) is 5.92 Å². The van der Waals surface area contributed by atoms with E-state index in [4.69, 9.17) is 0 Å². The summed E-state index contributed by atoms with van der Waals surface area (Å²) >= 11 is 1.21. The molecule has 2 rings (SSSR count). The monoisotopic (exact) mass is 247 g/mol. The Morgan fingerprint density at radius 3 is 2.24 bits per heavy atom. The smallest absolute Gasteiger partial charge is 0.258 e. The maximum absolute atomic E-state index is 10.6. The van der Waals surface area contributed by atoms with Crippen molar-refractivity contribution in [2.24, 2.45) is 0 Å². The Kier molecular flexibility index (Phi) is 3.24. The number of nitrogens with zero attached hydrogens (tertiary/aromatic N) is 1. The molecule has 17 heavy (non-hydrogen) atoms. The van der Waals surface area contributed by atoms with Crippen molar-refractivity contribution in [1.29, 1.82) is 0 Å². The van der Waals surface area contributed by atoms with Crippen LogP contribution in [0, 0.1) is 10.1 Å². The SMILES string of the molecule is CC(C)c1ccc(-c2ccc([N+](=O)[O-])s2)cc1. The summed E-state index contributed by atoms with van der Waals surface area (Å²) < 4.78 is 0. The molecule has 0 fully saturated rings. The van der Waals surface area contributed by atoms with Crippen LogP contribution in [0.15, 0.2) is 36.4 Å². The standard InChI is InChI=1S/C13H13NO2S/c1-9(2)10-3-5-11(6-4-10)12-7-8-13(17-12)14(15)16/h3-9H,1-2H3. The van der Waals surface area contributed by atoms with Crippen molar-refractivity contribution in [2.75, 3.05) is 0 Å². The highest BCUT2D eigenvalue weighted by Crippen LogP contribution is 2.33. The van der Waals surface area contributed by atoms with Crippen molar-refractivity contribution in [3.05, 3.63) is 52.1 Å². The molecule has 0 bridgehead atoms. The molecule has 0 amide bonds. The number of hydrogen-bond acceptors (Lipinski definition) is 3. The second kappa shape index (κ2) is 4.67. The molecule has 0 radical (unpaired) electrons. The molecule has 1 heterocycles. The molecule has 0 saturated carbocycles. The number of benzene rings is 1. The van der Waals surface area contributed by atoms with Crippen LogP contribution in [0.4, 0.5) is 5.00 Å². The highest BCUT2D eigenvalue weighted by molar-refractivity contribution is 7.18. The average molecular weight is 247 g/mol. The fourth-order valence-corrected chi connectivity index (χ4v) is 2.44. The molecule has 0 aliphatic rings. The summed E-state index contributed by atoms with van der Waals surface area (Å²) in [6, 6.07) is 11.5. The van der Waals surface area contributed by atoms with Crippen LogP contribution in [-0.2, 0) is 0 Å². The lowest BCUT2D eigenvalue weighted by atomic mass is 10.0. The quantitative estimate of drug-likeness (QED) is 0.594. The molecule has 88 valence electrons. The predicted octanol–water partition coefficient (Wildman–Crippen LogP) is 4.45. The van der Waals surface area contributed by atoms with Gasteiger partial charge in [-0.2, -0.15) is 0 Å². The minimum absolute atomic E-state index is 0.188. The third-order valence-corrected chi connectivity index (χ3v) is 3.72. The van der Waals surface area contributed by atoms with Crippen LogP contribution in [-0.4, -0.2) is 4.92 Å². The van der Waals surface area contributed by atoms with Crippen molar-refractivity contribution in [3.63, 3.8) is 0 Å². The van der Waals surface area contributed by atoms with Crippen molar-refractivity contribution < 1.29 is 4.92 Å². The topological polar surface area (TPSA) is 43.1 Å². The van der Waals surface area contributed by atoms with Gasteiger partial charge in [0.1, 0.15) is 0 Å². The molecule has 0 aliphatic carbocycles. The second-order valence-corrected chi connectivity index (χ2v) is 5.23. The Morgan fingerprint density at radius 1 is 1.12 bits per heavy atom. The average Bonchev–Trinajstić information content (AvgIpc) is 2.78. The Bertz CT molecular complexity index is 529. The maximum Gasteiger partial charge on any atom is 0.324 e. The fraction of sp³-hybridized carbons (Fsp3) is 0.231. The van der Waals surface area contributed by atoms with E-state index >= 15 is 0 Å².